The number of carbonyl (C=O) groups excluding carboxylic acids is 2. The van der Waals surface area contributed by atoms with Gasteiger partial charge in [0.1, 0.15) is 12.7 Å². The summed E-state index contributed by atoms with van der Waals surface area (Å²) in [6.45, 7) is 2.29. The molecule has 0 bridgehead atoms. The first-order valence-electron chi connectivity index (χ1n) is 20.6. The Morgan fingerprint density at radius 3 is 1.53 bits per heavy atom. The number of aliphatic hydroxyl groups is 2. The van der Waals surface area contributed by atoms with E-state index in [0.29, 0.717) is 12.8 Å². The fourth-order valence-corrected chi connectivity index (χ4v) is 6.02. The quantitative estimate of drug-likeness (QED) is 0.0240. The summed E-state index contributed by atoms with van der Waals surface area (Å²) in [4.78, 5) is 34.9. The van der Waals surface area contributed by atoms with Crippen LogP contribution < -0.4 is 0 Å². The van der Waals surface area contributed by atoms with E-state index < -0.39 is 51.8 Å². The first kappa shape index (κ1) is 50.9. The SMILES string of the molecule is CCCCC/C=C\C/C=C\C/C=C\CCCCCCC(=O)O[C@H](COC(=O)CCCCCCC/C=C\CCCCCC)COP(=O)(O)OC[C@@H](O)CO. The number of carbonyl (C=O) groups is 2. The average molecular weight is 771 g/mol. The number of ether oxygens (including phenoxy) is 2. The van der Waals surface area contributed by atoms with Crippen LogP contribution in [0.4, 0.5) is 0 Å². The largest absolute Gasteiger partial charge is 0.472 e. The Bertz CT molecular complexity index is 1030. The van der Waals surface area contributed by atoms with E-state index in [4.69, 9.17) is 19.1 Å². The van der Waals surface area contributed by atoms with Crippen LogP contribution in [0.1, 0.15) is 168 Å². The number of unbranched alkanes of at least 4 members (excludes halogenated alkanes) is 16. The second kappa shape index (κ2) is 38.2. The van der Waals surface area contributed by atoms with Crippen molar-refractivity contribution in [1.82, 2.24) is 0 Å². The molecule has 0 saturated carbocycles. The van der Waals surface area contributed by atoms with Gasteiger partial charge in [0.2, 0.25) is 0 Å². The van der Waals surface area contributed by atoms with Crippen molar-refractivity contribution in [3.05, 3.63) is 48.6 Å². The second-order valence-electron chi connectivity index (χ2n) is 13.7. The fourth-order valence-electron chi connectivity index (χ4n) is 5.23. The van der Waals surface area contributed by atoms with Gasteiger partial charge in [0.05, 0.1) is 19.8 Å². The molecule has 3 N–H and O–H groups in total. The molecule has 0 amide bonds. The minimum absolute atomic E-state index is 0.156. The Kier molecular flexibility index (Phi) is 36.7. The molecule has 11 heteroatoms. The van der Waals surface area contributed by atoms with E-state index in [1.54, 1.807) is 0 Å². The molecule has 3 atom stereocenters. The first-order valence-corrected chi connectivity index (χ1v) is 22.1. The van der Waals surface area contributed by atoms with Crippen molar-refractivity contribution in [2.75, 3.05) is 26.4 Å². The van der Waals surface area contributed by atoms with Gasteiger partial charge >= 0.3 is 19.8 Å². The molecular formula is C42H75O10P. The summed E-state index contributed by atoms with van der Waals surface area (Å²) >= 11 is 0. The predicted octanol–water partition coefficient (Wildman–Crippen LogP) is 10.6. The topological polar surface area (TPSA) is 149 Å². The van der Waals surface area contributed by atoms with Crippen LogP contribution in [0.5, 0.6) is 0 Å². The maximum Gasteiger partial charge on any atom is 0.472 e. The van der Waals surface area contributed by atoms with Gasteiger partial charge in [-0.15, -0.1) is 0 Å². The van der Waals surface area contributed by atoms with Gasteiger partial charge in [-0.3, -0.25) is 18.6 Å². The van der Waals surface area contributed by atoms with Gasteiger partial charge in [-0.25, -0.2) is 4.57 Å². The van der Waals surface area contributed by atoms with Crippen molar-refractivity contribution >= 4 is 19.8 Å². The molecule has 53 heavy (non-hydrogen) atoms. The molecule has 1 unspecified atom stereocenters. The zero-order valence-electron chi connectivity index (χ0n) is 33.2. The number of allylic oxidation sites excluding steroid dienone is 8. The molecule has 0 radical (unpaired) electrons. The zero-order chi connectivity index (χ0) is 39.1. The van der Waals surface area contributed by atoms with Gasteiger partial charge in [-0.1, -0.05) is 127 Å². The number of phosphoric acid groups is 1. The highest BCUT2D eigenvalue weighted by atomic mass is 31.2. The molecule has 10 nitrogen and oxygen atoms in total. The van der Waals surface area contributed by atoms with Crippen molar-refractivity contribution in [3.8, 4) is 0 Å². The van der Waals surface area contributed by atoms with Crippen molar-refractivity contribution < 1.29 is 47.8 Å². The lowest BCUT2D eigenvalue weighted by Gasteiger charge is -2.20. The Morgan fingerprint density at radius 1 is 0.566 bits per heavy atom. The molecule has 0 aliphatic rings. The smallest absolute Gasteiger partial charge is 0.462 e. The standard InChI is InChI=1S/C42H75O10P/c1-3-5-7-9-11-13-15-17-18-19-20-22-24-26-28-30-32-34-42(46)52-40(38-51-53(47,48)50-36-39(44)35-43)37-49-41(45)33-31-29-27-25-23-21-16-14-12-10-8-6-4-2/h11,13-14,16-18,20,22,39-40,43-44H,3-10,12,15,19,21,23-38H2,1-2H3,(H,47,48)/b13-11-,16-14-,18-17-,22-20-/t39-,40+/m0/s1. The van der Waals surface area contributed by atoms with Crippen LogP contribution in [0.25, 0.3) is 0 Å². The summed E-state index contributed by atoms with van der Waals surface area (Å²) in [7, 11) is -4.62. The number of phosphoric ester groups is 1. The van der Waals surface area contributed by atoms with Gasteiger partial charge in [0, 0.05) is 12.8 Å². The first-order chi connectivity index (χ1) is 25.7. The molecule has 308 valence electrons. The third-order valence-corrected chi connectivity index (χ3v) is 9.41. The second-order valence-corrected chi connectivity index (χ2v) is 15.1. The van der Waals surface area contributed by atoms with Crippen LogP contribution in [0.3, 0.4) is 0 Å². The van der Waals surface area contributed by atoms with Crippen molar-refractivity contribution in [2.45, 2.75) is 180 Å². The third-order valence-electron chi connectivity index (χ3n) is 8.46. The Hall–Kier alpha value is -2.07. The van der Waals surface area contributed by atoms with Crippen molar-refractivity contribution in [1.29, 1.82) is 0 Å². The van der Waals surface area contributed by atoms with E-state index in [1.165, 1.54) is 51.4 Å². The molecule has 0 aromatic rings. The van der Waals surface area contributed by atoms with Gasteiger partial charge < -0.3 is 24.6 Å². The summed E-state index contributed by atoms with van der Waals surface area (Å²) in [6, 6.07) is 0. The summed E-state index contributed by atoms with van der Waals surface area (Å²) in [5, 5.41) is 18.3. The molecule has 0 fully saturated rings. The van der Waals surface area contributed by atoms with Gasteiger partial charge in [0.15, 0.2) is 6.10 Å². The van der Waals surface area contributed by atoms with E-state index in [2.05, 4.69) is 67.0 Å². The Morgan fingerprint density at radius 2 is 0.981 bits per heavy atom. The minimum atomic E-state index is -4.62. The summed E-state index contributed by atoms with van der Waals surface area (Å²) in [5.41, 5.74) is 0. The molecule has 0 heterocycles. The Balaban J connectivity index is 4.40. The molecular weight excluding hydrogens is 695 g/mol. The fraction of sp³-hybridized carbons (Fsp3) is 0.762. The van der Waals surface area contributed by atoms with Crippen LogP contribution in [-0.2, 0) is 32.7 Å². The normalized spacial score (nSPS) is 14.4. The monoisotopic (exact) mass is 771 g/mol. The van der Waals surface area contributed by atoms with E-state index in [1.807, 2.05) is 0 Å². The molecule has 0 aliphatic heterocycles. The highest BCUT2D eigenvalue weighted by Gasteiger charge is 2.27. The number of hydrogen-bond donors (Lipinski definition) is 3. The lowest BCUT2D eigenvalue weighted by molar-refractivity contribution is -0.161. The minimum Gasteiger partial charge on any atom is -0.462 e. The molecule has 0 spiro atoms. The summed E-state index contributed by atoms with van der Waals surface area (Å²) in [5.74, 6) is -0.963. The zero-order valence-corrected chi connectivity index (χ0v) is 34.1. The van der Waals surface area contributed by atoms with E-state index in [0.717, 1.165) is 77.0 Å². The molecule has 0 rings (SSSR count). The van der Waals surface area contributed by atoms with Crippen LogP contribution in [-0.4, -0.2) is 65.7 Å². The highest BCUT2D eigenvalue weighted by Crippen LogP contribution is 2.43. The van der Waals surface area contributed by atoms with Gasteiger partial charge in [0.25, 0.3) is 0 Å². The lowest BCUT2D eigenvalue weighted by Crippen LogP contribution is -2.29. The Labute approximate surface area is 322 Å². The maximum atomic E-state index is 12.6. The van der Waals surface area contributed by atoms with Crippen LogP contribution in [0.2, 0.25) is 0 Å². The van der Waals surface area contributed by atoms with Crippen LogP contribution >= 0.6 is 7.82 Å². The highest BCUT2D eigenvalue weighted by molar-refractivity contribution is 7.47. The van der Waals surface area contributed by atoms with Crippen molar-refractivity contribution in [2.24, 2.45) is 0 Å². The molecule has 0 aromatic carbocycles. The van der Waals surface area contributed by atoms with Gasteiger partial charge in [-0.2, -0.15) is 0 Å². The van der Waals surface area contributed by atoms with E-state index >= 15 is 0 Å². The number of rotatable bonds is 38. The average Bonchev–Trinajstić information content (AvgIpc) is 3.14. The van der Waals surface area contributed by atoms with Gasteiger partial charge in [-0.05, 0) is 77.0 Å². The molecule has 0 saturated heterocycles. The molecule has 0 aromatic heterocycles. The van der Waals surface area contributed by atoms with E-state index in [-0.39, 0.29) is 19.4 Å². The summed E-state index contributed by atoms with van der Waals surface area (Å²) < 4.78 is 32.6. The third kappa shape index (κ3) is 38.0. The number of hydrogen-bond acceptors (Lipinski definition) is 9. The van der Waals surface area contributed by atoms with Crippen molar-refractivity contribution in [3.63, 3.8) is 0 Å². The summed E-state index contributed by atoms with van der Waals surface area (Å²) in [6.07, 6.45) is 39.3. The lowest BCUT2D eigenvalue weighted by atomic mass is 10.1. The molecule has 0 aliphatic carbocycles. The number of esters is 2. The number of aliphatic hydroxyl groups excluding tert-OH is 2. The van der Waals surface area contributed by atoms with E-state index in [9.17, 15) is 24.2 Å². The maximum absolute atomic E-state index is 12.6. The van der Waals surface area contributed by atoms with Crippen LogP contribution in [0.15, 0.2) is 48.6 Å². The van der Waals surface area contributed by atoms with Crippen LogP contribution in [0, 0.1) is 0 Å². The predicted molar refractivity (Wildman–Crippen MR) is 214 cm³/mol.